The van der Waals surface area contributed by atoms with Crippen LogP contribution in [0.15, 0.2) is 57.7 Å². The molecule has 3 rings (SSSR count). The second-order valence-electron chi connectivity index (χ2n) is 7.47. The topological polar surface area (TPSA) is 152 Å². The molecule has 3 aromatic rings. The first-order valence-electron chi connectivity index (χ1n) is 10.1. The third-order valence-corrected chi connectivity index (χ3v) is 6.03. The molecule has 2 heterocycles. The highest BCUT2D eigenvalue weighted by molar-refractivity contribution is 7.90. The maximum absolute atomic E-state index is 13.0. The van der Waals surface area contributed by atoms with E-state index in [4.69, 9.17) is 5.73 Å². The fraction of sp³-hybridized carbons (Fsp3) is 0.250. The largest absolute Gasteiger partial charge is 0.493 e. The number of sulfone groups is 1. The van der Waals surface area contributed by atoms with Crippen molar-refractivity contribution in [3.8, 4) is 17.1 Å². The third-order valence-electron chi connectivity index (χ3n) is 4.90. The number of halogens is 5. The van der Waals surface area contributed by atoms with Gasteiger partial charge in [0.25, 0.3) is 6.08 Å². The summed E-state index contributed by atoms with van der Waals surface area (Å²) in [5.41, 5.74) is 4.20. The average Bonchev–Trinajstić information content (AvgIpc) is 3.18. The van der Waals surface area contributed by atoms with Gasteiger partial charge in [0, 0.05) is 23.9 Å². The van der Waals surface area contributed by atoms with Crippen molar-refractivity contribution in [2.45, 2.75) is 23.9 Å². The highest BCUT2D eigenvalue weighted by atomic mass is 32.2. The van der Waals surface area contributed by atoms with Crippen LogP contribution in [-0.4, -0.2) is 58.3 Å². The number of alkyl halides is 3. The number of pyridine rings is 1. The molecule has 0 fully saturated rings. The van der Waals surface area contributed by atoms with Crippen molar-refractivity contribution in [3.63, 3.8) is 0 Å². The molecular formula is C20H17F5N6O5S. The molecule has 0 unspecified atom stereocenters. The van der Waals surface area contributed by atoms with Crippen LogP contribution in [0.2, 0.25) is 0 Å². The summed E-state index contributed by atoms with van der Waals surface area (Å²) in [6.45, 7) is -0.445. The monoisotopic (exact) mass is 548 g/mol. The number of nitrogens with two attached hydrogens (primary N) is 1. The van der Waals surface area contributed by atoms with Crippen molar-refractivity contribution in [3.05, 3.63) is 64.1 Å². The lowest BCUT2D eigenvalue weighted by atomic mass is 10.0. The van der Waals surface area contributed by atoms with Gasteiger partial charge in [-0.2, -0.15) is 22.0 Å². The van der Waals surface area contributed by atoms with Crippen molar-refractivity contribution in [1.29, 1.82) is 0 Å². The Morgan fingerprint density at radius 2 is 1.73 bits per heavy atom. The van der Waals surface area contributed by atoms with Crippen molar-refractivity contribution in [1.82, 2.24) is 24.9 Å². The fourth-order valence-corrected chi connectivity index (χ4v) is 3.63. The van der Waals surface area contributed by atoms with Gasteiger partial charge in [-0.15, -0.1) is 4.68 Å². The number of carbonyl (C=O) groups is 1. The lowest BCUT2D eigenvalue weighted by Gasteiger charge is -2.11. The molecule has 0 aliphatic heterocycles. The second kappa shape index (κ2) is 10.6. The van der Waals surface area contributed by atoms with E-state index < -0.39 is 40.3 Å². The lowest BCUT2D eigenvalue weighted by Crippen LogP contribution is -2.39. The van der Waals surface area contributed by atoms with Gasteiger partial charge in [0.15, 0.2) is 15.7 Å². The molecule has 0 aliphatic carbocycles. The van der Waals surface area contributed by atoms with Gasteiger partial charge < -0.3 is 10.6 Å². The quantitative estimate of drug-likeness (QED) is 0.326. The predicted octanol–water partition coefficient (Wildman–Crippen LogP) is 1.45. The number of rotatable bonds is 8. The van der Waals surface area contributed by atoms with E-state index >= 15 is 0 Å². The summed E-state index contributed by atoms with van der Waals surface area (Å²) in [6.07, 6.45) is -6.78. The summed E-state index contributed by atoms with van der Waals surface area (Å²) >= 11 is 0. The molecule has 0 bridgehead atoms. The number of hydrogen-bond acceptors (Lipinski definition) is 9. The Morgan fingerprint density at radius 3 is 2.27 bits per heavy atom. The molecule has 0 saturated heterocycles. The van der Waals surface area contributed by atoms with Crippen LogP contribution >= 0.6 is 0 Å². The summed E-state index contributed by atoms with van der Waals surface area (Å²) in [5.74, 6) is -3.04. The fourth-order valence-electron chi connectivity index (χ4n) is 3.00. The molecule has 37 heavy (non-hydrogen) atoms. The highest BCUT2D eigenvalue weighted by Gasteiger charge is 2.42. The Morgan fingerprint density at radius 1 is 1.08 bits per heavy atom. The van der Waals surface area contributed by atoms with Gasteiger partial charge >= 0.3 is 17.8 Å². The lowest BCUT2D eigenvalue weighted by molar-refractivity contribution is -0.202. The van der Waals surface area contributed by atoms with Crippen molar-refractivity contribution < 1.29 is 40.0 Å². The van der Waals surface area contributed by atoms with Crippen molar-refractivity contribution in [2.24, 2.45) is 5.73 Å². The van der Waals surface area contributed by atoms with E-state index in [-0.39, 0.29) is 45.2 Å². The second-order valence-corrected chi connectivity index (χ2v) is 9.48. The van der Waals surface area contributed by atoms with E-state index in [1.807, 2.05) is 0 Å². The maximum atomic E-state index is 13.0. The Labute approximate surface area is 204 Å². The number of aromatic nitrogens is 5. The average molecular weight is 548 g/mol. The van der Waals surface area contributed by atoms with Gasteiger partial charge in [-0.05, 0) is 51.9 Å². The number of carbonyl (C=O) groups excluding carboxylic acids is 1. The van der Waals surface area contributed by atoms with E-state index in [2.05, 4.69) is 20.2 Å². The standard InChI is InChI=1S/C20H17F5N6O5S/c1-37(34,35)14-7-4-11(5-8-14)15-9-6-12(2-3-13(10-26)16(21)22)17(27-15)30-19(33)31(29-28-30)36-18(32)20(23,24)25/h4-9H,2-3,10,26H2,1H3. The van der Waals surface area contributed by atoms with Crippen LogP contribution in [0.3, 0.4) is 0 Å². The van der Waals surface area contributed by atoms with Gasteiger partial charge in [-0.1, -0.05) is 18.2 Å². The number of benzene rings is 1. The SMILES string of the molecule is CS(=O)(=O)c1ccc(-c2ccc(CCC(CN)=C(F)F)c(-n3nnn(OC(=O)C(F)(F)F)c3=O)n2)cc1. The van der Waals surface area contributed by atoms with Crippen LogP contribution in [-0.2, 0) is 21.1 Å². The van der Waals surface area contributed by atoms with Gasteiger partial charge in [-0.25, -0.2) is 23.0 Å². The Kier molecular flexibility index (Phi) is 7.87. The summed E-state index contributed by atoms with van der Waals surface area (Å²) < 4.78 is 87.4. The van der Waals surface area contributed by atoms with Crippen LogP contribution in [0.4, 0.5) is 22.0 Å². The Hall–Kier alpha value is -3.99. The summed E-state index contributed by atoms with van der Waals surface area (Å²) in [7, 11) is -3.49. The molecule has 0 saturated carbocycles. The van der Waals surface area contributed by atoms with Crippen molar-refractivity contribution >= 4 is 15.8 Å². The van der Waals surface area contributed by atoms with E-state index in [9.17, 15) is 40.0 Å². The first kappa shape index (κ1) is 27.6. The molecule has 0 amide bonds. The highest BCUT2D eigenvalue weighted by Crippen LogP contribution is 2.24. The molecular weight excluding hydrogens is 531 g/mol. The zero-order chi connectivity index (χ0) is 27.5. The number of aryl methyl sites for hydroxylation is 1. The summed E-state index contributed by atoms with van der Waals surface area (Å²) in [4.78, 5) is 31.5. The third kappa shape index (κ3) is 6.42. The molecule has 17 heteroatoms. The van der Waals surface area contributed by atoms with Gasteiger partial charge in [-0.3, -0.25) is 0 Å². The minimum Gasteiger partial charge on any atom is -0.327 e. The number of hydrogen-bond donors (Lipinski definition) is 1. The van der Waals surface area contributed by atoms with E-state index in [0.29, 0.717) is 10.2 Å². The van der Waals surface area contributed by atoms with Crippen LogP contribution in [0.5, 0.6) is 0 Å². The minimum absolute atomic E-state index is 0.0214. The Bertz CT molecular complexity index is 1510. The first-order valence-corrected chi connectivity index (χ1v) is 12.0. The number of tetrazole rings is 1. The molecule has 0 atom stereocenters. The number of nitrogens with zero attached hydrogens (tertiary/aromatic N) is 5. The van der Waals surface area contributed by atoms with E-state index in [1.54, 1.807) is 0 Å². The molecule has 0 spiro atoms. The van der Waals surface area contributed by atoms with E-state index in [1.165, 1.54) is 36.4 Å². The van der Waals surface area contributed by atoms with Crippen LogP contribution in [0.25, 0.3) is 17.1 Å². The molecule has 0 radical (unpaired) electrons. The predicted molar refractivity (Wildman–Crippen MR) is 116 cm³/mol. The molecule has 1 aromatic carbocycles. The van der Waals surface area contributed by atoms with Gasteiger partial charge in [0.2, 0.25) is 0 Å². The maximum Gasteiger partial charge on any atom is 0.493 e. The summed E-state index contributed by atoms with van der Waals surface area (Å²) in [5, 5.41) is 6.48. The zero-order valence-electron chi connectivity index (χ0n) is 18.7. The van der Waals surface area contributed by atoms with Gasteiger partial charge in [0.05, 0.1) is 10.6 Å². The Balaban J connectivity index is 2.08. The molecule has 0 aliphatic rings. The first-order chi connectivity index (χ1) is 17.2. The molecule has 2 aromatic heterocycles. The molecule has 198 valence electrons. The van der Waals surface area contributed by atoms with Crippen LogP contribution in [0, 0.1) is 0 Å². The van der Waals surface area contributed by atoms with Crippen molar-refractivity contribution in [2.75, 3.05) is 12.8 Å². The molecule has 11 nitrogen and oxygen atoms in total. The molecule has 2 N–H and O–H groups in total. The summed E-state index contributed by atoms with van der Waals surface area (Å²) in [6, 6.07) is 8.30. The van der Waals surface area contributed by atoms with Crippen LogP contribution < -0.4 is 16.3 Å². The minimum atomic E-state index is -5.42. The van der Waals surface area contributed by atoms with Crippen LogP contribution in [0.1, 0.15) is 12.0 Å². The normalized spacial score (nSPS) is 11.9. The van der Waals surface area contributed by atoms with E-state index in [0.717, 1.165) is 6.26 Å². The smallest absolute Gasteiger partial charge is 0.327 e. The van der Waals surface area contributed by atoms with Gasteiger partial charge in [0.1, 0.15) is 0 Å². The zero-order valence-corrected chi connectivity index (χ0v) is 19.6.